The van der Waals surface area contributed by atoms with Crippen LogP contribution in [0.1, 0.15) is 70.2 Å². The normalized spacial score (nSPS) is 24.5. The fraction of sp³-hybridized carbons (Fsp3) is 0.419. The number of amides is 2. The number of fused-ring (bicyclic) bond motifs is 3. The van der Waals surface area contributed by atoms with E-state index in [2.05, 4.69) is 40.4 Å². The Morgan fingerprint density at radius 2 is 1.81 bits per heavy atom. The molecule has 1 aromatic heterocycles. The van der Waals surface area contributed by atoms with Crippen LogP contribution in [0.15, 0.2) is 43.0 Å². The molecule has 1 aliphatic heterocycles. The predicted molar refractivity (Wildman–Crippen MR) is 156 cm³/mol. The quantitative estimate of drug-likeness (QED) is 0.370. The van der Waals surface area contributed by atoms with Crippen molar-refractivity contribution in [3.8, 4) is 6.07 Å². The molecule has 1 saturated carbocycles. The molecular formula is C31H35N9O2. The summed E-state index contributed by atoms with van der Waals surface area (Å²) in [5, 5.41) is 26.5. The van der Waals surface area contributed by atoms with Gasteiger partial charge in [0.25, 0.3) is 0 Å². The van der Waals surface area contributed by atoms with E-state index >= 15 is 0 Å². The van der Waals surface area contributed by atoms with E-state index in [-0.39, 0.29) is 30.6 Å². The van der Waals surface area contributed by atoms with Gasteiger partial charge in [0.05, 0.1) is 25.1 Å². The van der Waals surface area contributed by atoms with Gasteiger partial charge in [-0.25, -0.2) is 0 Å². The van der Waals surface area contributed by atoms with Crippen molar-refractivity contribution < 1.29 is 9.59 Å². The van der Waals surface area contributed by atoms with E-state index in [1.54, 1.807) is 18.0 Å². The van der Waals surface area contributed by atoms with E-state index in [1.165, 1.54) is 4.80 Å². The SMILES string of the molecule is C=C(N)c1ccc2c(c1)CCc1cc(C(N)=O)ccc1C2(C[C@H](C)NCC(=O)N1[C@H](C#N)C[C@@H]2C[C@@H]21)c1nnn(C)n1. The van der Waals surface area contributed by atoms with Crippen molar-refractivity contribution in [1.82, 2.24) is 30.4 Å². The summed E-state index contributed by atoms with van der Waals surface area (Å²) in [4.78, 5) is 28.6. The minimum Gasteiger partial charge on any atom is -0.399 e. The molecule has 42 heavy (non-hydrogen) atoms. The Hall–Kier alpha value is -4.56. The average molecular weight is 566 g/mol. The van der Waals surface area contributed by atoms with E-state index in [1.807, 2.05) is 25.1 Å². The topological polar surface area (TPSA) is 169 Å². The summed E-state index contributed by atoms with van der Waals surface area (Å²) < 4.78 is 0. The van der Waals surface area contributed by atoms with E-state index in [9.17, 15) is 14.9 Å². The van der Waals surface area contributed by atoms with Crippen LogP contribution in [0.4, 0.5) is 0 Å². The number of nitrogens with zero attached hydrogens (tertiary/aromatic N) is 6. The third kappa shape index (κ3) is 4.61. The largest absolute Gasteiger partial charge is 0.399 e. The number of tetrazole rings is 1. The van der Waals surface area contributed by atoms with E-state index in [4.69, 9.17) is 16.6 Å². The zero-order valence-corrected chi connectivity index (χ0v) is 23.9. The molecule has 5 N–H and O–H groups in total. The number of benzene rings is 2. The van der Waals surface area contributed by atoms with Crippen molar-refractivity contribution in [2.45, 2.75) is 62.6 Å². The molecule has 5 atom stereocenters. The fourth-order valence-corrected chi connectivity index (χ4v) is 7.02. The molecule has 2 fully saturated rings. The minimum atomic E-state index is -0.861. The predicted octanol–water partition coefficient (Wildman–Crippen LogP) is 1.55. The molecule has 0 bridgehead atoms. The maximum Gasteiger partial charge on any atom is 0.248 e. The zero-order chi connectivity index (χ0) is 29.8. The molecule has 0 radical (unpaired) electrons. The smallest absolute Gasteiger partial charge is 0.248 e. The molecule has 1 unspecified atom stereocenters. The Bertz CT molecular complexity index is 1570. The lowest BCUT2D eigenvalue weighted by Gasteiger charge is -2.36. The number of rotatable bonds is 8. The lowest BCUT2D eigenvalue weighted by molar-refractivity contribution is -0.131. The van der Waals surface area contributed by atoms with Crippen molar-refractivity contribution in [3.63, 3.8) is 0 Å². The number of hydrogen-bond donors (Lipinski definition) is 3. The van der Waals surface area contributed by atoms with Crippen molar-refractivity contribution in [3.05, 3.63) is 82.2 Å². The standard InChI is InChI=1S/C31H35N9O2/c1-17(35-16-28(41)40-24(15-32)12-23-13-27(23)40)14-31(30-36-38-39(3)37-30)25-8-6-19(18(2)33)10-20(25)4-5-21-11-22(29(34)42)7-9-26(21)31/h6-11,17,23-24,27,35H,2,4-5,12-14,16,33H2,1,3H3,(H2,34,42)/t17-,23+,24-,27-,31?/m0/s1. The van der Waals surface area contributed by atoms with Gasteiger partial charge in [0, 0.05) is 23.3 Å². The van der Waals surface area contributed by atoms with Gasteiger partial charge in [0.1, 0.15) is 6.04 Å². The highest BCUT2D eigenvalue weighted by Crippen LogP contribution is 2.48. The average Bonchev–Trinajstić information content (AvgIpc) is 3.46. The first kappa shape index (κ1) is 27.6. The molecule has 3 aromatic rings. The molecule has 1 saturated heterocycles. The van der Waals surface area contributed by atoms with Gasteiger partial charge in [-0.2, -0.15) is 10.1 Å². The summed E-state index contributed by atoms with van der Waals surface area (Å²) in [7, 11) is 1.73. The van der Waals surface area contributed by atoms with Gasteiger partial charge in [-0.1, -0.05) is 24.8 Å². The van der Waals surface area contributed by atoms with Crippen LogP contribution in [0.25, 0.3) is 5.70 Å². The first-order chi connectivity index (χ1) is 20.1. The van der Waals surface area contributed by atoms with Crippen LogP contribution >= 0.6 is 0 Å². The van der Waals surface area contributed by atoms with Crippen LogP contribution < -0.4 is 16.8 Å². The molecule has 11 heteroatoms. The Morgan fingerprint density at radius 1 is 1.14 bits per heavy atom. The van der Waals surface area contributed by atoms with Crippen molar-refractivity contribution >= 4 is 17.5 Å². The van der Waals surface area contributed by atoms with Gasteiger partial charge < -0.3 is 21.7 Å². The van der Waals surface area contributed by atoms with Gasteiger partial charge in [0.2, 0.25) is 11.8 Å². The molecule has 216 valence electrons. The number of nitrogens with two attached hydrogens (primary N) is 2. The highest BCUT2D eigenvalue weighted by atomic mass is 16.2. The van der Waals surface area contributed by atoms with Gasteiger partial charge >= 0.3 is 0 Å². The summed E-state index contributed by atoms with van der Waals surface area (Å²) in [6.07, 6.45) is 3.61. The lowest BCUT2D eigenvalue weighted by Crippen LogP contribution is -2.46. The molecule has 2 aliphatic carbocycles. The lowest BCUT2D eigenvalue weighted by atomic mass is 9.67. The number of aryl methyl sites for hydroxylation is 3. The molecule has 11 nitrogen and oxygen atoms in total. The van der Waals surface area contributed by atoms with Crippen molar-refractivity contribution in [2.24, 2.45) is 24.4 Å². The Morgan fingerprint density at radius 3 is 2.40 bits per heavy atom. The molecule has 2 amide bonds. The number of nitriles is 1. The number of aromatic nitrogens is 4. The van der Waals surface area contributed by atoms with Gasteiger partial charge in [-0.05, 0) is 96.2 Å². The fourth-order valence-electron chi connectivity index (χ4n) is 7.02. The molecule has 2 aromatic carbocycles. The summed E-state index contributed by atoms with van der Waals surface area (Å²) in [5.74, 6) is 0.434. The van der Waals surface area contributed by atoms with Crippen LogP contribution in [0, 0.1) is 17.2 Å². The number of hydrogen-bond acceptors (Lipinski definition) is 8. The summed E-state index contributed by atoms with van der Waals surface area (Å²) in [6, 6.07) is 13.6. The van der Waals surface area contributed by atoms with Crippen LogP contribution in [-0.2, 0) is 30.1 Å². The van der Waals surface area contributed by atoms with Gasteiger partial charge in [0.15, 0.2) is 5.82 Å². The van der Waals surface area contributed by atoms with Crippen molar-refractivity contribution in [2.75, 3.05) is 6.54 Å². The number of piperidine rings is 1. The first-order valence-corrected chi connectivity index (χ1v) is 14.3. The van der Waals surface area contributed by atoms with Crippen LogP contribution in [0.2, 0.25) is 0 Å². The summed E-state index contributed by atoms with van der Waals surface area (Å²) in [5.41, 5.74) is 16.7. The minimum absolute atomic E-state index is 0.0519. The molecule has 2 heterocycles. The van der Waals surface area contributed by atoms with E-state index < -0.39 is 11.3 Å². The van der Waals surface area contributed by atoms with E-state index in [0.717, 1.165) is 40.7 Å². The maximum atomic E-state index is 13.3. The summed E-state index contributed by atoms with van der Waals surface area (Å²) in [6.45, 7) is 6.09. The Labute approximate surface area is 244 Å². The van der Waals surface area contributed by atoms with E-state index in [0.29, 0.717) is 42.3 Å². The number of primary amides is 1. The zero-order valence-electron chi connectivity index (χ0n) is 23.9. The van der Waals surface area contributed by atoms with Crippen LogP contribution in [0.5, 0.6) is 0 Å². The number of carbonyl (C=O) groups is 2. The van der Waals surface area contributed by atoms with Crippen LogP contribution in [0.3, 0.4) is 0 Å². The Balaban J connectivity index is 1.42. The monoisotopic (exact) mass is 565 g/mol. The third-order valence-corrected chi connectivity index (χ3v) is 9.09. The number of likely N-dealkylation sites (tertiary alicyclic amines) is 1. The Kier molecular flexibility index (Phi) is 6.81. The number of nitrogens with one attached hydrogen (secondary N) is 1. The molecule has 6 rings (SSSR count). The second-order valence-corrected chi connectivity index (χ2v) is 11.9. The first-order valence-electron chi connectivity index (χ1n) is 14.3. The highest BCUT2D eigenvalue weighted by Gasteiger charge is 2.54. The highest BCUT2D eigenvalue weighted by molar-refractivity contribution is 5.93. The number of carbonyl (C=O) groups excluding carboxylic acids is 2. The molecular weight excluding hydrogens is 530 g/mol. The maximum absolute atomic E-state index is 13.3. The van der Waals surface area contributed by atoms with Gasteiger partial charge in [-0.3, -0.25) is 9.59 Å². The molecule has 3 aliphatic rings. The molecule has 0 spiro atoms. The summed E-state index contributed by atoms with van der Waals surface area (Å²) >= 11 is 0. The van der Waals surface area contributed by atoms with Crippen molar-refractivity contribution in [1.29, 1.82) is 5.26 Å². The third-order valence-electron chi connectivity index (χ3n) is 9.09. The van der Waals surface area contributed by atoms with Gasteiger partial charge in [-0.15, -0.1) is 10.2 Å². The second-order valence-electron chi connectivity index (χ2n) is 11.9. The second kappa shape index (κ2) is 10.4. The van der Waals surface area contributed by atoms with Crippen LogP contribution in [-0.4, -0.2) is 61.6 Å².